The first kappa shape index (κ1) is 18.5. The Morgan fingerprint density at radius 1 is 1.11 bits per heavy atom. The predicted molar refractivity (Wildman–Crippen MR) is 107 cm³/mol. The maximum Gasteiger partial charge on any atom is 0.264 e. The van der Waals surface area contributed by atoms with E-state index in [4.69, 9.17) is 4.74 Å². The van der Waals surface area contributed by atoms with Gasteiger partial charge in [-0.2, -0.15) is 0 Å². The molecule has 0 aliphatic heterocycles. The summed E-state index contributed by atoms with van der Waals surface area (Å²) in [6, 6.07) is 5.37. The topological polar surface area (TPSA) is 72.5 Å². The summed E-state index contributed by atoms with van der Waals surface area (Å²) in [4.78, 5) is 12.2. The fourth-order valence-corrected chi connectivity index (χ4v) is 6.91. The van der Waals surface area contributed by atoms with Gasteiger partial charge in [-0.3, -0.25) is 4.79 Å². The minimum atomic E-state index is -3.57. The molecule has 0 heterocycles. The lowest BCUT2D eigenvalue weighted by molar-refractivity contribution is -0.0746. The van der Waals surface area contributed by atoms with Gasteiger partial charge in [0.05, 0.1) is 12.9 Å². The lowest BCUT2D eigenvalue weighted by Gasteiger charge is -2.56. The highest BCUT2D eigenvalue weighted by molar-refractivity contribution is 7.89. The van der Waals surface area contributed by atoms with Crippen molar-refractivity contribution in [1.82, 2.24) is 4.72 Å². The molecule has 5 aliphatic carbocycles. The molecule has 28 heavy (non-hydrogen) atoms. The minimum absolute atomic E-state index is 0.349. The summed E-state index contributed by atoms with van der Waals surface area (Å²) in [6.07, 6.45) is 11.4. The monoisotopic (exact) mass is 403 g/mol. The molecule has 0 unspecified atom stereocenters. The summed E-state index contributed by atoms with van der Waals surface area (Å²) >= 11 is 0. The van der Waals surface area contributed by atoms with Crippen LogP contribution in [0.1, 0.15) is 73.2 Å². The van der Waals surface area contributed by atoms with Gasteiger partial charge in [0.1, 0.15) is 5.75 Å². The van der Waals surface area contributed by atoms with Crippen molar-refractivity contribution >= 4 is 15.9 Å². The highest BCUT2D eigenvalue weighted by Gasteiger charge is 2.51. The Bertz CT molecular complexity index is 868. The lowest BCUT2D eigenvalue weighted by atomic mass is 9.50. The summed E-state index contributed by atoms with van der Waals surface area (Å²) in [6.45, 7) is 0.783. The van der Waals surface area contributed by atoms with Crippen LogP contribution in [-0.2, 0) is 10.0 Å². The number of carbonyl (C=O) groups excluding carboxylic acids is 1. The lowest BCUT2D eigenvalue weighted by Crippen LogP contribution is -2.48. The second-order valence-electron chi connectivity index (χ2n) is 9.94. The molecule has 5 aliphatic rings. The molecule has 152 valence electrons. The molecule has 5 fully saturated rings. The van der Waals surface area contributed by atoms with E-state index in [2.05, 4.69) is 4.72 Å². The van der Waals surface area contributed by atoms with Crippen molar-refractivity contribution in [1.29, 1.82) is 0 Å². The van der Waals surface area contributed by atoms with Crippen LogP contribution in [0.2, 0.25) is 0 Å². The number of rotatable bonds is 6. The van der Waals surface area contributed by atoms with Gasteiger partial charge in [-0.25, -0.2) is 13.1 Å². The molecule has 6 rings (SSSR count). The number of sulfonamides is 1. The maximum absolute atomic E-state index is 12.2. The third-order valence-electron chi connectivity index (χ3n) is 7.27. The van der Waals surface area contributed by atoms with Crippen LogP contribution in [0.25, 0.3) is 0 Å². The van der Waals surface area contributed by atoms with Crippen molar-refractivity contribution < 1.29 is 17.9 Å². The van der Waals surface area contributed by atoms with Crippen LogP contribution in [-0.4, -0.2) is 27.2 Å². The number of amides is 1. The molecule has 1 amide bonds. The molecular formula is C22H29NO4S. The van der Waals surface area contributed by atoms with Gasteiger partial charge < -0.3 is 4.74 Å². The first-order valence-electron chi connectivity index (χ1n) is 10.6. The summed E-state index contributed by atoms with van der Waals surface area (Å²) in [7, 11) is -3.57. The van der Waals surface area contributed by atoms with Crippen molar-refractivity contribution in [2.45, 2.75) is 57.3 Å². The Hall–Kier alpha value is -1.56. The van der Waals surface area contributed by atoms with Gasteiger partial charge >= 0.3 is 0 Å². The van der Waals surface area contributed by atoms with Crippen molar-refractivity contribution in [3.63, 3.8) is 0 Å². The second-order valence-corrected chi connectivity index (χ2v) is 11.7. The van der Waals surface area contributed by atoms with Gasteiger partial charge in [-0.15, -0.1) is 0 Å². The molecule has 1 aromatic rings. The number of hydrogen-bond acceptors (Lipinski definition) is 4. The van der Waals surface area contributed by atoms with E-state index in [9.17, 15) is 13.2 Å². The highest BCUT2D eigenvalue weighted by Crippen LogP contribution is 2.60. The fourth-order valence-electron chi connectivity index (χ4n) is 6.46. The van der Waals surface area contributed by atoms with Crippen LogP contribution >= 0.6 is 0 Å². The van der Waals surface area contributed by atoms with Gasteiger partial charge in [0.2, 0.25) is 10.0 Å². The first-order valence-corrected chi connectivity index (χ1v) is 12.5. The van der Waals surface area contributed by atoms with Crippen LogP contribution in [0, 0.1) is 23.2 Å². The van der Waals surface area contributed by atoms with Crippen molar-refractivity contribution in [2.75, 3.05) is 12.9 Å². The average molecular weight is 404 g/mol. The zero-order valence-corrected chi connectivity index (χ0v) is 17.3. The molecule has 0 spiro atoms. The Labute approximate surface area is 167 Å². The average Bonchev–Trinajstić information content (AvgIpc) is 3.42. The number of ether oxygens (including phenoxy) is 1. The third kappa shape index (κ3) is 3.68. The van der Waals surface area contributed by atoms with E-state index in [1.165, 1.54) is 38.5 Å². The normalized spacial score (nSPS) is 33.7. The first-order chi connectivity index (χ1) is 13.3. The van der Waals surface area contributed by atoms with E-state index in [-0.39, 0.29) is 0 Å². The maximum atomic E-state index is 12.2. The highest BCUT2D eigenvalue weighted by atomic mass is 32.2. The quantitative estimate of drug-likeness (QED) is 0.783. The third-order valence-corrected chi connectivity index (χ3v) is 7.82. The molecular weight excluding hydrogens is 374 g/mol. The van der Waals surface area contributed by atoms with Crippen LogP contribution in [0.15, 0.2) is 18.2 Å². The Balaban J connectivity index is 1.33. The van der Waals surface area contributed by atoms with Gasteiger partial charge in [-0.1, -0.05) is 0 Å². The van der Waals surface area contributed by atoms with Crippen LogP contribution < -0.4 is 9.46 Å². The molecule has 1 N–H and O–H groups in total. The molecule has 0 radical (unpaired) electrons. The van der Waals surface area contributed by atoms with Gasteiger partial charge in [0.25, 0.3) is 5.91 Å². The number of carbonyl (C=O) groups is 1. The zero-order valence-electron chi connectivity index (χ0n) is 16.4. The van der Waals surface area contributed by atoms with Gasteiger partial charge in [0, 0.05) is 11.0 Å². The van der Waals surface area contributed by atoms with Gasteiger partial charge in [0.15, 0.2) is 0 Å². The fraction of sp³-hybridized carbons (Fsp3) is 0.682. The molecule has 5 nitrogen and oxygen atoms in total. The molecule has 1 aromatic carbocycles. The molecule has 4 bridgehead atoms. The second kappa shape index (κ2) is 6.48. The Kier molecular flexibility index (Phi) is 4.27. The van der Waals surface area contributed by atoms with Crippen molar-refractivity contribution in [2.24, 2.45) is 23.2 Å². The smallest absolute Gasteiger partial charge is 0.264 e. The van der Waals surface area contributed by atoms with Crippen molar-refractivity contribution in [3.8, 4) is 5.75 Å². The molecule has 0 aromatic heterocycles. The number of nitrogens with one attached hydrogen (secondary N) is 1. The van der Waals surface area contributed by atoms with E-state index >= 15 is 0 Å². The number of benzene rings is 1. The summed E-state index contributed by atoms with van der Waals surface area (Å²) in [5, 5.41) is 0. The van der Waals surface area contributed by atoms with E-state index in [0.717, 1.165) is 54.8 Å². The Morgan fingerprint density at radius 3 is 2.25 bits per heavy atom. The van der Waals surface area contributed by atoms with E-state index in [1.54, 1.807) is 6.07 Å². The largest absolute Gasteiger partial charge is 0.493 e. The SMILES string of the molecule is CS(=O)(=O)NC(=O)c1ccc(OCC23CC4CC(CC(C4)C2)C3)c(C2CC2)c1. The van der Waals surface area contributed by atoms with E-state index < -0.39 is 15.9 Å². The van der Waals surface area contributed by atoms with Gasteiger partial charge in [-0.05, 0) is 98.8 Å². The van der Waals surface area contributed by atoms with E-state index in [0.29, 0.717) is 16.9 Å². The summed E-state index contributed by atoms with van der Waals surface area (Å²) in [5.41, 5.74) is 1.79. The predicted octanol–water partition coefficient (Wildman–Crippen LogP) is 3.85. The summed E-state index contributed by atoms with van der Waals surface area (Å²) in [5.74, 6) is 3.45. The van der Waals surface area contributed by atoms with E-state index in [1.807, 2.05) is 12.1 Å². The number of hydrogen-bond donors (Lipinski definition) is 1. The Morgan fingerprint density at radius 2 is 1.71 bits per heavy atom. The van der Waals surface area contributed by atoms with Crippen LogP contribution in [0.5, 0.6) is 5.75 Å². The molecule has 5 saturated carbocycles. The minimum Gasteiger partial charge on any atom is -0.493 e. The molecule has 0 atom stereocenters. The van der Waals surface area contributed by atoms with Crippen LogP contribution in [0.4, 0.5) is 0 Å². The van der Waals surface area contributed by atoms with Crippen LogP contribution in [0.3, 0.4) is 0 Å². The molecule has 6 heteroatoms. The van der Waals surface area contributed by atoms with Crippen molar-refractivity contribution in [3.05, 3.63) is 29.3 Å². The zero-order chi connectivity index (χ0) is 19.5. The molecule has 0 saturated heterocycles. The standard InChI is InChI=1S/C22H29NO4S/c1-28(25,26)23-21(24)18-4-5-20(19(9-18)17-2-3-17)27-13-22-10-14-6-15(11-22)8-16(7-14)12-22/h4-5,9,14-17H,2-3,6-8,10-13H2,1H3,(H,23,24). The summed E-state index contributed by atoms with van der Waals surface area (Å²) < 4.78 is 31.2.